The first-order chi connectivity index (χ1) is 8.21. The lowest BCUT2D eigenvalue weighted by Gasteiger charge is -2.29. The third kappa shape index (κ3) is 4.88. The molecule has 0 heterocycles. The molecule has 0 saturated carbocycles. The number of hydrogen-bond donors (Lipinski definition) is 2. The van der Waals surface area contributed by atoms with Gasteiger partial charge in [0, 0.05) is 5.54 Å². The number of amides is 1. The Hall–Kier alpha value is -1.35. The molecule has 1 aromatic rings. The lowest BCUT2D eigenvalue weighted by molar-refractivity contribution is -0.138. The minimum Gasteiger partial charge on any atom is -0.381 e. The summed E-state index contributed by atoms with van der Waals surface area (Å²) in [4.78, 5) is 11.7. The van der Waals surface area contributed by atoms with Gasteiger partial charge in [-0.1, -0.05) is 30.3 Å². The van der Waals surface area contributed by atoms with Crippen LogP contribution in [0, 0.1) is 0 Å². The molecule has 0 atom stereocenters. The predicted molar refractivity (Wildman–Crippen MR) is 73.3 cm³/mol. The molecule has 0 aromatic heterocycles. The second-order valence-electron chi connectivity index (χ2n) is 5.88. The summed E-state index contributed by atoms with van der Waals surface area (Å²) < 4.78 is 0. The van der Waals surface area contributed by atoms with Crippen molar-refractivity contribution in [2.24, 2.45) is 0 Å². The van der Waals surface area contributed by atoms with Crippen LogP contribution in [0.25, 0.3) is 0 Å². The fourth-order valence-corrected chi connectivity index (χ4v) is 1.62. The van der Waals surface area contributed by atoms with Gasteiger partial charge in [-0.05, 0) is 46.1 Å². The van der Waals surface area contributed by atoms with Crippen molar-refractivity contribution in [2.45, 2.75) is 51.7 Å². The van der Waals surface area contributed by atoms with Crippen LogP contribution in [0.3, 0.4) is 0 Å². The van der Waals surface area contributed by atoms with E-state index in [-0.39, 0.29) is 11.4 Å². The molecule has 3 heteroatoms. The molecule has 0 bridgehead atoms. The third-order valence-electron chi connectivity index (χ3n) is 2.89. The maximum absolute atomic E-state index is 11.7. The molecule has 0 saturated heterocycles. The molecular formula is C15H23NO2. The molecular weight excluding hydrogens is 226 g/mol. The van der Waals surface area contributed by atoms with E-state index in [2.05, 4.69) is 17.4 Å². The number of benzene rings is 1. The Morgan fingerprint density at radius 2 is 1.72 bits per heavy atom. The molecule has 1 amide bonds. The van der Waals surface area contributed by atoms with Crippen molar-refractivity contribution in [2.75, 3.05) is 0 Å². The Morgan fingerprint density at radius 1 is 1.17 bits per heavy atom. The lowest BCUT2D eigenvalue weighted by Crippen LogP contribution is -2.51. The zero-order valence-corrected chi connectivity index (χ0v) is 11.7. The van der Waals surface area contributed by atoms with E-state index in [4.69, 9.17) is 0 Å². The van der Waals surface area contributed by atoms with E-state index in [0.717, 1.165) is 12.8 Å². The fraction of sp³-hybridized carbons (Fsp3) is 0.533. The van der Waals surface area contributed by atoms with Crippen LogP contribution < -0.4 is 5.32 Å². The van der Waals surface area contributed by atoms with E-state index in [1.54, 1.807) is 0 Å². The van der Waals surface area contributed by atoms with Crippen LogP contribution in [0.4, 0.5) is 0 Å². The quantitative estimate of drug-likeness (QED) is 0.841. The predicted octanol–water partition coefficient (Wildman–Crippen LogP) is 2.28. The minimum absolute atomic E-state index is 0.326. The SMILES string of the molecule is CC(C)(CCc1ccccc1)NC(=O)C(C)(C)O. The molecule has 3 nitrogen and oxygen atoms in total. The zero-order chi connectivity index (χ0) is 13.8. The van der Waals surface area contributed by atoms with Gasteiger partial charge in [-0.3, -0.25) is 4.79 Å². The summed E-state index contributed by atoms with van der Waals surface area (Å²) >= 11 is 0. The number of hydrogen-bond acceptors (Lipinski definition) is 2. The molecule has 1 aromatic carbocycles. The van der Waals surface area contributed by atoms with Crippen molar-refractivity contribution in [3.8, 4) is 0 Å². The van der Waals surface area contributed by atoms with E-state index in [1.165, 1.54) is 19.4 Å². The number of carbonyl (C=O) groups is 1. The first-order valence-electron chi connectivity index (χ1n) is 6.30. The van der Waals surface area contributed by atoms with Crippen LogP contribution in [-0.4, -0.2) is 22.2 Å². The Labute approximate surface area is 109 Å². The van der Waals surface area contributed by atoms with Gasteiger partial charge in [-0.15, -0.1) is 0 Å². The van der Waals surface area contributed by atoms with Gasteiger partial charge in [0.2, 0.25) is 0 Å². The van der Waals surface area contributed by atoms with E-state index >= 15 is 0 Å². The summed E-state index contributed by atoms with van der Waals surface area (Å²) in [6, 6.07) is 10.2. The van der Waals surface area contributed by atoms with Crippen molar-refractivity contribution in [3.63, 3.8) is 0 Å². The largest absolute Gasteiger partial charge is 0.381 e. The minimum atomic E-state index is -1.33. The van der Waals surface area contributed by atoms with Crippen LogP contribution in [0.15, 0.2) is 30.3 Å². The summed E-state index contributed by atoms with van der Waals surface area (Å²) in [7, 11) is 0. The first-order valence-corrected chi connectivity index (χ1v) is 6.30. The van der Waals surface area contributed by atoms with Gasteiger partial charge in [0.15, 0.2) is 0 Å². The van der Waals surface area contributed by atoms with Crippen LogP contribution >= 0.6 is 0 Å². The number of aryl methyl sites for hydroxylation is 1. The van der Waals surface area contributed by atoms with Crippen LogP contribution in [0.2, 0.25) is 0 Å². The van der Waals surface area contributed by atoms with Gasteiger partial charge < -0.3 is 10.4 Å². The van der Waals surface area contributed by atoms with E-state index < -0.39 is 5.60 Å². The standard InChI is InChI=1S/C15H23NO2/c1-14(2,16-13(17)15(3,4)18)11-10-12-8-6-5-7-9-12/h5-9,18H,10-11H2,1-4H3,(H,16,17). The molecule has 0 radical (unpaired) electrons. The fourth-order valence-electron chi connectivity index (χ4n) is 1.62. The molecule has 0 fully saturated rings. The Bertz CT molecular complexity index is 391. The van der Waals surface area contributed by atoms with Crippen molar-refractivity contribution < 1.29 is 9.90 Å². The average Bonchev–Trinajstić information content (AvgIpc) is 2.26. The van der Waals surface area contributed by atoms with Crippen molar-refractivity contribution in [3.05, 3.63) is 35.9 Å². The molecule has 0 spiro atoms. The molecule has 1 rings (SSSR count). The van der Waals surface area contributed by atoms with Crippen LogP contribution in [0.5, 0.6) is 0 Å². The summed E-state index contributed by atoms with van der Waals surface area (Å²) in [5.41, 5.74) is -0.403. The molecule has 0 aliphatic heterocycles. The third-order valence-corrected chi connectivity index (χ3v) is 2.89. The van der Waals surface area contributed by atoms with Crippen LogP contribution in [0.1, 0.15) is 39.7 Å². The van der Waals surface area contributed by atoms with Gasteiger partial charge in [0.05, 0.1) is 0 Å². The van der Waals surface area contributed by atoms with Gasteiger partial charge in [0.25, 0.3) is 5.91 Å². The van der Waals surface area contributed by atoms with Gasteiger partial charge in [-0.2, -0.15) is 0 Å². The van der Waals surface area contributed by atoms with Crippen molar-refractivity contribution in [1.29, 1.82) is 0 Å². The maximum atomic E-state index is 11.7. The van der Waals surface area contributed by atoms with E-state index in [0.29, 0.717) is 0 Å². The maximum Gasteiger partial charge on any atom is 0.251 e. The molecule has 100 valence electrons. The summed E-state index contributed by atoms with van der Waals surface area (Å²) in [5.74, 6) is -0.333. The number of carbonyl (C=O) groups excluding carboxylic acids is 1. The highest BCUT2D eigenvalue weighted by molar-refractivity contribution is 5.84. The second kappa shape index (κ2) is 5.53. The highest BCUT2D eigenvalue weighted by Gasteiger charge is 2.29. The Balaban J connectivity index is 2.53. The number of rotatable bonds is 5. The van der Waals surface area contributed by atoms with Gasteiger partial charge in [-0.25, -0.2) is 0 Å². The average molecular weight is 249 g/mol. The van der Waals surface area contributed by atoms with Crippen molar-refractivity contribution >= 4 is 5.91 Å². The van der Waals surface area contributed by atoms with Gasteiger partial charge in [0.1, 0.15) is 5.60 Å². The Morgan fingerprint density at radius 3 is 2.22 bits per heavy atom. The van der Waals surface area contributed by atoms with E-state index in [1.807, 2.05) is 32.0 Å². The molecule has 2 N–H and O–H groups in total. The van der Waals surface area contributed by atoms with Gasteiger partial charge >= 0.3 is 0 Å². The van der Waals surface area contributed by atoms with Crippen LogP contribution in [-0.2, 0) is 11.2 Å². The topological polar surface area (TPSA) is 49.3 Å². The smallest absolute Gasteiger partial charge is 0.251 e. The molecule has 0 unspecified atom stereocenters. The normalized spacial score (nSPS) is 12.3. The van der Waals surface area contributed by atoms with Crippen molar-refractivity contribution in [1.82, 2.24) is 5.32 Å². The number of nitrogens with one attached hydrogen (secondary N) is 1. The molecule has 0 aliphatic carbocycles. The molecule has 18 heavy (non-hydrogen) atoms. The monoisotopic (exact) mass is 249 g/mol. The zero-order valence-electron chi connectivity index (χ0n) is 11.7. The first kappa shape index (κ1) is 14.7. The highest BCUT2D eigenvalue weighted by atomic mass is 16.3. The summed E-state index contributed by atoms with van der Waals surface area (Å²) in [6.07, 6.45) is 1.73. The lowest BCUT2D eigenvalue weighted by atomic mass is 9.94. The highest BCUT2D eigenvalue weighted by Crippen LogP contribution is 2.15. The second-order valence-corrected chi connectivity index (χ2v) is 5.88. The summed E-state index contributed by atoms with van der Waals surface area (Å²) in [5, 5.41) is 12.5. The van der Waals surface area contributed by atoms with E-state index in [9.17, 15) is 9.90 Å². The summed E-state index contributed by atoms with van der Waals surface area (Å²) in [6.45, 7) is 6.93. The Kier molecular flexibility index (Phi) is 4.52. The molecule has 0 aliphatic rings. The number of aliphatic hydroxyl groups is 1.